The number of carbonyl (C=O) groups excluding carboxylic acids is 1. The largest absolute Gasteiger partial charge is 0.384 e. The molecular formula is C18H19N3O. The van der Waals surface area contributed by atoms with E-state index in [1.165, 1.54) is 5.56 Å². The van der Waals surface area contributed by atoms with Crippen molar-refractivity contribution in [2.45, 2.75) is 13.3 Å². The number of benzene rings is 2. The summed E-state index contributed by atoms with van der Waals surface area (Å²) in [5, 5.41) is 3.07. The second-order valence-electron chi connectivity index (χ2n) is 4.94. The van der Waals surface area contributed by atoms with E-state index >= 15 is 0 Å². The third-order valence-corrected chi connectivity index (χ3v) is 3.01. The molecule has 0 aliphatic heterocycles. The van der Waals surface area contributed by atoms with Crippen molar-refractivity contribution in [1.29, 1.82) is 0 Å². The Kier molecular flexibility index (Phi) is 5.49. The van der Waals surface area contributed by atoms with Gasteiger partial charge in [-0.05, 0) is 30.7 Å². The van der Waals surface area contributed by atoms with E-state index in [9.17, 15) is 4.79 Å². The van der Waals surface area contributed by atoms with Crippen LogP contribution in [0.15, 0.2) is 71.9 Å². The first-order valence-electron chi connectivity index (χ1n) is 7.04. The van der Waals surface area contributed by atoms with Crippen molar-refractivity contribution in [3.05, 3.63) is 78.0 Å². The predicted octanol–water partition coefficient (Wildman–Crippen LogP) is 3.05. The van der Waals surface area contributed by atoms with Crippen molar-refractivity contribution in [2.75, 3.05) is 5.32 Å². The Morgan fingerprint density at radius 3 is 2.50 bits per heavy atom. The molecule has 2 rings (SSSR count). The zero-order valence-corrected chi connectivity index (χ0v) is 12.5. The molecule has 3 N–H and O–H groups in total. The van der Waals surface area contributed by atoms with E-state index < -0.39 is 0 Å². The van der Waals surface area contributed by atoms with E-state index in [1.54, 1.807) is 12.3 Å². The van der Waals surface area contributed by atoms with E-state index in [1.807, 2.05) is 61.5 Å². The molecule has 0 aliphatic rings. The summed E-state index contributed by atoms with van der Waals surface area (Å²) in [6, 6.07) is 17.4. The van der Waals surface area contributed by atoms with Gasteiger partial charge in [0, 0.05) is 11.9 Å². The van der Waals surface area contributed by atoms with Crippen molar-refractivity contribution < 1.29 is 4.79 Å². The Hall–Kier alpha value is -2.88. The van der Waals surface area contributed by atoms with Crippen LogP contribution in [0.5, 0.6) is 0 Å². The van der Waals surface area contributed by atoms with Crippen LogP contribution < -0.4 is 11.1 Å². The van der Waals surface area contributed by atoms with E-state index in [4.69, 9.17) is 5.73 Å². The average Bonchev–Trinajstić information content (AvgIpc) is 2.50. The number of aryl methyl sites for hydroxylation is 1. The number of nitrogens with zero attached hydrogens (tertiary/aromatic N) is 1. The van der Waals surface area contributed by atoms with E-state index in [0.717, 1.165) is 11.3 Å². The lowest BCUT2D eigenvalue weighted by Crippen LogP contribution is -2.12. The van der Waals surface area contributed by atoms with Gasteiger partial charge in [0.1, 0.15) is 5.84 Å². The van der Waals surface area contributed by atoms with Crippen molar-refractivity contribution in [3.63, 3.8) is 0 Å². The Labute approximate surface area is 130 Å². The fourth-order valence-electron chi connectivity index (χ4n) is 1.86. The van der Waals surface area contributed by atoms with Crippen LogP contribution in [0.4, 0.5) is 5.69 Å². The summed E-state index contributed by atoms with van der Waals surface area (Å²) in [5.41, 5.74) is 8.79. The maximum absolute atomic E-state index is 11.8. The fraction of sp³-hybridized carbons (Fsp3) is 0.111. The smallest absolute Gasteiger partial charge is 0.252 e. The first kappa shape index (κ1) is 15.5. The molecule has 0 saturated carbocycles. The molecule has 0 unspecified atom stereocenters. The molecular weight excluding hydrogens is 274 g/mol. The number of amides is 1. The fourth-order valence-corrected chi connectivity index (χ4v) is 1.86. The molecule has 4 heteroatoms. The molecule has 22 heavy (non-hydrogen) atoms. The first-order valence-corrected chi connectivity index (χ1v) is 7.04. The van der Waals surface area contributed by atoms with Gasteiger partial charge >= 0.3 is 0 Å². The third-order valence-electron chi connectivity index (χ3n) is 3.01. The van der Waals surface area contributed by atoms with Crippen LogP contribution in [0.2, 0.25) is 0 Å². The van der Waals surface area contributed by atoms with E-state index in [0.29, 0.717) is 0 Å². The number of hydrogen-bond acceptors (Lipinski definition) is 2. The molecule has 0 fully saturated rings. The highest BCUT2D eigenvalue weighted by molar-refractivity contribution is 6.00. The molecule has 1 amide bonds. The highest BCUT2D eigenvalue weighted by atomic mass is 16.1. The number of hydrogen-bond donors (Lipinski definition) is 2. The van der Waals surface area contributed by atoms with Gasteiger partial charge in [-0.1, -0.05) is 48.0 Å². The zero-order chi connectivity index (χ0) is 15.8. The number of aliphatic imine (C=N–C) groups is 1. The van der Waals surface area contributed by atoms with Crippen molar-refractivity contribution in [3.8, 4) is 0 Å². The standard InChI is InChI=1S/C18H19N3O/c1-14-7-9-16(10-8-14)20-12-11-17(19)21-18(22)13-15-5-3-2-4-6-15/h2-12,20H,13H2,1H3,(H2,19,21,22)/b12-11-. The molecule has 0 aromatic heterocycles. The molecule has 112 valence electrons. The van der Waals surface area contributed by atoms with E-state index in [-0.39, 0.29) is 18.2 Å². The summed E-state index contributed by atoms with van der Waals surface area (Å²) in [7, 11) is 0. The van der Waals surface area contributed by atoms with Gasteiger partial charge < -0.3 is 11.1 Å². The Bertz CT molecular complexity index is 673. The minimum absolute atomic E-state index is 0.181. The normalized spacial score (nSPS) is 11.6. The SMILES string of the molecule is Cc1ccc(N/C=C\C(N)=NC(=O)Cc2ccccc2)cc1. The molecule has 0 spiro atoms. The van der Waals surface area contributed by atoms with Crippen LogP contribution in [0.3, 0.4) is 0 Å². The van der Waals surface area contributed by atoms with Gasteiger partial charge in [0.15, 0.2) is 0 Å². The summed E-state index contributed by atoms with van der Waals surface area (Å²) >= 11 is 0. The molecule has 0 saturated heterocycles. The number of nitrogens with two attached hydrogens (primary N) is 1. The summed E-state index contributed by atoms with van der Waals surface area (Å²) in [6.45, 7) is 2.03. The van der Waals surface area contributed by atoms with Gasteiger partial charge in [0.25, 0.3) is 5.91 Å². The van der Waals surface area contributed by atoms with Crippen molar-refractivity contribution in [1.82, 2.24) is 0 Å². The molecule has 4 nitrogen and oxygen atoms in total. The lowest BCUT2D eigenvalue weighted by molar-refractivity contribution is -0.117. The van der Waals surface area contributed by atoms with Gasteiger partial charge in [0.05, 0.1) is 6.42 Å². The molecule has 0 bridgehead atoms. The van der Waals surface area contributed by atoms with Gasteiger partial charge in [-0.2, -0.15) is 4.99 Å². The number of anilines is 1. The monoisotopic (exact) mass is 293 g/mol. The topological polar surface area (TPSA) is 67.5 Å². The van der Waals surface area contributed by atoms with Crippen LogP contribution in [0, 0.1) is 6.92 Å². The van der Waals surface area contributed by atoms with Crippen LogP contribution >= 0.6 is 0 Å². The van der Waals surface area contributed by atoms with Crippen LogP contribution in [0.25, 0.3) is 0 Å². The Morgan fingerprint density at radius 1 is 1.14 bits per heavy atom. The van der Waals surface area contributed by atoms with Gasteiger partial charge in [-0.3, -0.25) is 4.79 Å². The van der Waals surface area contributed by atoms with Crippen LogP contribution in [-0.4, -0.2) is 11.7 Å². The molecule has 0 aliphatic carbocycles. The summed E-state index contributed by atoms with van der Waals surface area (Å²) in [4.78, 5) is 15.6. The van der Waals surface area contributed by atoms with Crippen LogP contribution in [-0.2, 0) is 11.2 Å². The maximum Gasteiger partial charge on any atom is 0.252 e. The summed E-state index contributed by atoms with van der Waals surface area (Å²) in [5.74, 6) is -0.0794. The van der Waals surface area contributed by atoms with Crippen molar-refractivity contribution in [2.24, 2.45) is 10.7 Å². The lowest BCUT2D eigenvalue weighted by Gasteiger charge is -2.01. The summed E-state index contributed by atoms with van der Waals surface area (Å²) < 4.78 is 0. The second kappa shape index (κ2) is 7.78. The minimum Gasteiger partial charge on any atom is -0.384 e. The van der Waals surface area contributed by atoms with Gasteiger partial charge in [-0.15, -0.1) is 0 Å². The second-order valence-corrected chi connectivity index (χ2v) is 4.94. The third kappa shape index (κ3) is 5.25. The van der Waals surface area contributed by atoms with Crippen molar-refractivity contribution >= 4 is 17.4 Å². The first-order chi connectivity index (χ1) is 10.6. The number of nitrogens with one attached hydrogen (secondary N) is 1. The average molecular weight is 293 g/mol. The maximum atomic E-state index is 11.8. The molecule has 0 heterocycles. The number of carbonyl (C=O) groups is 1. The number of amidine groups is 1. The molecule has 2 aromatic rings. The summed E-state index contributed by atoms with van der Waals surface area (Å²) in [6.07, 6.45) is 3.49. The quantitative estimate of drug-likeness (QED) is 0.657. The van der Waals surface area contributed by atoms with E-state index in [2.05, 4.69) is 10.3 Å². The predicted molar refractivity (Wildman–Crippen MR) is 90.7 cm³/mol. The molecule has 0 radical (unpaired) electrons. The lowest BCUT2D eigenvalue weighted by atomic mass is 10.1. The molecule has 0 atom stereocenters. The van der Waals surface area contributed by atoms with Crippen LogP contribution in [0.1, 0.15) is 11.1 Å². The Morgan fingerprint density at radius 2 is 1.82 bits per heavy atom. The Balaban J connectivity index is 1.87. The highest BCUT2D eigenvalue weighted by Crippen LogP contribution is 2.08. The molecule has 2 aromatic carbocycles. The zero-order valence-electron chi connectivity index (χ0n) is 12.5. The van der Waals surface area contributed by atoms with Gasteiger partial charge in [-0.25, -0.2) is 0 Å². The highest BCUT2D eigenvalue weighted by Gasteiger charge is 2.01. The number of rotatable bonds is 5. The van der Waals surface area contributed by atoms with Gasteiger partial charge in [0.2, 0.25) is 0 Å². The minimum atomic E-state index is -0.260.